The number of carbonyl (C=O) groups excluding carboxylic acids is 2. The number of carbonyl (C=O) groups is 2. The standard InChI is InChI=1S/C11H9F3N2O2/c1-10(8(17)15-9(18)16-10)6-2-4-7(5-3-6)11(12,13)14/h2-5H,1H3,(H2,15,16,17,18). The van der Waals surface area contributed by atoms with Crippen LogP contribution >= 0.6 is 0 Å². The molecule has 1 saturated heterocycles. The van der Waals surface area contributed by atoms with E-state index < -0.39 is 29.2 Å². The first-order valence-electron chi connectivity index (χ1n) is 5.05. The summed E-state index contributed by atoms with van der Waals surface area (Å²) in [5, 5.41) is 4.41. The van der Waals surface area contributed by atoms with Gasteiger partial charge in [0.25, 0.3) is 5.91 Å². The summed E-state index contributed by atoms with van der Waals surface area (Å²) in [7, 11) is 0. The van der Waals surface area contributed by atoms with E-state index in [1.165, 1.54) is 19.1 Å². The van der Waals surface area contributed by atoms with E-state index in [-0.39, 0.29) is 0 Å². The Morgan fingerprint density at radius 3 is 2.06 bits per heavy atom. The number of benzene rings is 1. The predicted octanol–water partition coefficient (Wildman–Crippen LogP) is 1.76. The lowest BCUT2D eigenvalue weighted by Crippen LogP contribution is -2.40. The summed E-state index contributed by atoms with van der Waals surface area (Å²) >= 11 is 0. The fourth-order valence-corrected chi connectivity index (χ4v) is 1.74. The van der Waals surface area contributed by atoms with Crippen LogP contribution in [0.1, 0.15) is 18.1 Å². The van der Waals surface area contributed by atoms with Crippen LogP contribution in [0.25, 0.3) is 0 Å². The first-order valence-corrected chi connectivity index (χ1v) is 5.05. The first-order chi connectivity index (χ1) is 8.23. The summed E-state index contributed by atoms with van der Waals surface area (Å²) in [6, 6.07) is 3.43. The molecule has 3 amide bonds. The van der Waals surface area contributed by atoms with Gasteiger partial charge in [0.05, 0.1) is 5.56 Å². The molecule has 1 aliphatic heterocycles. The fourth-order valence-electron chi connectivity index (χ4n) is 1.74. The monoisotopic (exact) mass is 258 g/mol. The van der Waals surface area contributed by atoms with Gasteiger partial charge in [0.2, 0.25) is 0 Å². The van der Waals surface area contributed by atoms with Crippen LogP contribution in [0, 0.1) is 0 Å². The molecule has 18 heavy (non-hydrogen) atoms. The van der Waals surface area contributed by atoms with E-state index in [9.17, 15) is 22.8 Å². The normalized spacial score (nSPS) is 23.8. The number of alkyl halides is 3. The smallest absolute Gasteiger partial charge is 0.320 e. The molecule has 0 bridgehead atoms. The molecule has 0 aliphatic carbocycles. The van der Waals surface area contributed by atoms with Gasteiger partial charge in [-0.15, -0.1) is 0 Å². The highest BCUT2D eigenvalue weighted by molar-refractivity contribution is 6.07. The Bertz CT molecular complexity index is 510. The third kappa shape index (κ3) is 1.92. The Hall–Kier alpha value is -2.05. The van der Waals surface area contributed by atoms with Crippen molar-refractivity contribution in [1.82, 2.24) is 10.6 Å². The molecule has 1 aromatic rings. The Morgan fingerprint density at radius 2 is 1.67 bits per heavy atom. The van der Waals surface area contributed by atoms with Crippen molar-refractivity contribution >= 4 is 11.9 Å². The van der Waals surface area contributed by atoms with Gasteiger partial charge in [-0.05, 0) is 24.6 Å². The van der Waals surface area contributed by atoms with Crippen molar-refractivity contribution in [3.8, 4) is 0 Å². The maximum absolute atomic E-state index is 12.4. The minimum atomic E-state index is -4.43. The Labute approximate surface area is 100 Å². The van der Waals surface area contributed by atoms with Gasteiger partial charge in [-0.3, -0.25) is 10.1 Å². The van der Waals surface area contributed by atoms with Crippen molar-refractivity contribution in [2.75, 3.05) is 0 Å². The molecule has 2 N–H and O–H groups in total. The van der Waals surface area contributed by atoms with E-state index in [0.717, 1.165) is 12.1 Å². The van der Waals surface area contributed by atoms with Crippen LogP contribution in [0.3, 0.4) is 0 Å². The van der Waals surface area contributed by atoms with E-state index >= 15 is 0 Å². The number of hydrogen-bond donors (Lipinski definition) is 2. The van der Waals surface area contributed by atoms with Gasteiger partial charge in [0.1, 0.15) is 5.54 Å². The molecular weight excluding hydrogens is 249 g/mol. The van der Waals surface area contributed by atoms with E-state index in [4.69, 9.17) is 0 Å². The maximum atomic E-state index is 12.4. The zero-order valence-corrected chi connectivity index (χ0v) is 9.26. The van der Waals surface area contributed by atoms with Crippen molar-refractivity contribution in [2.45, 2.75) is 18.6 Å². The average Bonchev–Trinajstić information content (AvgIpc) is 2.53. The van der Waals surface area contributed by atoms with Gasteiger partial charge in [0, 0.05) is 0 Å². The summed E-state index contributed by atoms with van der Waals surface area (Å²) in [4.78, 5) is 22.6. The molecular formula is C11H9F3N2O2. The Balaban J connectivity index is 2.36. The summed E-state index contributed by atoms with van der Waals surface area (Å²) in [5.74, 6) is -0.591. The number of imide groups is 1. The van der Waals surface area contributed by atoms with Gasteiger partial charge >= 0.3 is 12.2 Å². The second-order valence-corrected chi connectivity index (χ2v) is 4.11. The number of nitrogens with one attached hydrogen (secondary N) is 2. The predicted molar refractivity (Wildman–Crippen MR) is 55.5 cm³/mol. The van der Waals surface area contributed by atoms with E-state index in [2.05, 4.69) is 5.32 Å². The highest BCUT2D eigenvalue weighted by Crippen LogP contribution is 2.31. The van der Waals surface area contributed by atoms with Crippen molar-refractivity contribution in [3.05, 3.63) is 35.4 Å². The van der Waals surface area contributed by atoms with Gasteiger partial charge in [-0.1, -0.05) is 12.1 Å². The number of urea groups is 1. The summed E-state index contributed by atoms with van der Waals surface area (Å²) in [6.07, 6.45) is -4.43. The molecule has 0 radical (unpaired) electrons. The minimum absolute atomic E-state index is 0.291. The number of halogens is 3. The minimum Gasteiger partial charge on any atom is -0.320 e. The summed E-state index contributed by atoms with van der Waals surface area (Å²) < 4.78 is 37.1. The van der Waals surface area contributed by atoms with Crippen LogP contribution in [0.5, 0.6) is 0 Å². The number of hydrogen-bond acceptors (Lipinski definition) is 2. The molecule has 0 aromatic heterocycles. The molecule has 1 fully saturated rings. The van der Waals surface area contributed by atoms with Crippen molar-refractivity contribution < 1.29 is 22.8 Å². The first kappa shape index (κ1) is 12.4. The molecule has 1 unspecified atom stereocenters. The van der Waals surface area contributed by atoms with Crippen molar-refractivity contribution in [3.63, 3.8) is 0 Å². The topological polar surface area (TPSA) is 58.2 Å². The highest BCUT2D eigenvalue weighted by Gasteiger charge is 2.43. The van der Waals surface area contributed by atoms with Gasteiger partial charge in [-0.25, -0.2) is 4.79 Å². The van der Waals surface area contributed by atoms with Crippen LogP contribution in [-0.2, 0) is 16.5 Å². The van der Waals surface area contributed by atoms with Crippen LogP contribution in [0.4, 0.5) is 18.0 Å². The largest absolute Gasteiger partial charge is 0.416 e. The highest BCUT2D eigenvalue weighted by atomic mass is 19.4. The van der Waals surface area contributed by atoms with Crippen LogP contribution < -0.4 is 10.6 Å². The lowest BCUT2D eigenvalue weighted by Gasteiger charge is -2.21. The second-order valence-electron chi connectivity index (χ2n) is 4.11. The lowest BCUT2D eigenvalue weighted by atomic mass is 9.91. The maximum Gasteiger partial charge on any atom is 0.416 e. The second kappa shape index (κ2) is 3.72. The molecule has 7 heteroatoms. The quantitative estimate of drug-likeness (QED) is 0.754. The molecule has 0 spiro atoms. The number of rotatable bonds is 1. The molecule has 96 valence electrons. The molecule has 1 heterocycles. The van der Waals surface area contributed by atoms with Crippen LogP contribution in [-0.4, -0.2) is 11.9 Å². The van der Waals surface area contributed by atoms with Gasteiger partial charge in [-0.2, -0.15) is 13.2 Å². The van der Waals surface area contributed by atoms with E-state index in [1.54, 1.807) is 0 Å². The van der Waals surface area contributed by atoms with E-state index in [1.807, 2.05) is 5.32 Å². The Kier molecular flexibility index (Phi) is 2.57. The summed E-state index contributed by atoms with van der Waals surface area (Å²) in [6.45, 7) is 1.43. The zero-order valence-electron chi connectivity index (χ0n) is 9.26. The van der Waals surface area contributed by atoms with E-state index in [0.29, 0.717) is 5.56 Å². The van der Waals surface area contributed by atoms with Gasteiger partial charge in [0.15, 0.2) is 0 Å². The molecule has 1 atom stereocenters. The molecule has 0 saturated carbocycles. The Morgan fingerprint density at radius 1 is 1.11 bits per heavy atom. The zero-order chi connectivity index (χ0) is 13.6. The van der Waals surface area contributed by atoms with Crippen molar-refractivity contribution in [2.24, 2.45) is 0 Å². The molecule has 2 rings (SSSR count). The fraction of sp³-hybridized carbons (Fsp3) is 0.273. The lowest BCUT2D eigenvalue weighted by molar-refractivity contribution is -0.137. The molecule has 1 aromatic carbocycles. The van der Waals surface area contributed by atoms with Crippen molar-refractivity contribution in [1.29, 1.82) is 0 Å². The van der Waals surface area contributed by atoms with Gasteiger partial charge < -0.3 is 5.32 Å². The summed E-state index contributed by atoms with van der Waals surface area (Å²) in [5.41, 5.74) is -1.85. The van der Waals surface area contributed by atoms with Crippen LogP contribution in [0.2, 0.25) is 0 Å². The molecule has 1 aliphatic rings. The van der Waals surface area contributed by atoms with Crippen LogP contribution in [0.15, 0.2) is 24.3 Å². The third-order valence-electron chi connectivity index (χ3n) is 2.83. The molecule has 4 nitrogen and oxygen atoms in total. The average molecular weight is 258 g/mol. The SMILES string of the molecule is CC1(c2ccc(C(F)(F)F)cc2)NC(=O)NC1=O. The number of amides is 3. The third-order valence-corrected chi connectivity index (χ3v) is 2.83.